The highest BCUT2D eigenvalue weighted by Gasteiger charge is 2.25. The lowest BCUT2D eigenvalue weighted by atomic mass is 9.99. The molecule has 0 bridgehead atoms. The van der Waals surface area contributed by atoms with Gasteiger partial charge in [-0.25, -0.2) is 0 Å². The number of carbonyl (C=O) groups is 3. The van der Waals surface area contributed by atoms with Crippen LogP contribution in [0.2, 0.25) is 0 Å². The van der Waals surface area contributed by atoms with Gasteiger partial charge in [-0.1, -0.05) is 26.0 Å². The maximum absolute atomic E-state index is 12.6. The molecule has 3 aromatic rings. The lowest BCUT2D eigenvalue weighted by molar-refractivity contribution is -0.136. The van der Waals surface area contributed by atoms with Gasteiger partial charge in [0.05, 0.1) is 11.4 Å². The molecule has 2 aromatic heterocycles. The first-order chi connectivity index (χ1) is 15.4. The van der Waals surface area contributed by atoms with Gasteiger partial charge in [-0.2, -0.15) is 0 Å². The Labute approximate surface area is 190 Å². The van der Waals surface area contributed by atoms with Gasteiger partial charge in [0, 0.05) is 23.8 Å². The third-order valence-corrected chi connectivity index (χ3v) is 6.16. The van der Waals surface area contributed by atoms with E-state index in [-0.39, 0.29) is 18.4 Å². The molecule has 1 aromatic carbocycles. The quantitative estimate of drug-likeness (QED) is 0.569. The van der Waals surface area contributed by atoms with Crippen LogP contribution in [0.15, 0.2) is 52.3 Å². The zero-order valence-electron chi connectivity index (χ0n) is 18.0. The molecule has 8 heteroatoms. The summed E-state index contributed by atoms with van der Waals surface area (Å²) >= 11 is 1.56. The smallest absolute Gasteiger partial charge is 0.313 e. The summed E-state index contributed by atoms with van der Waals surface area (Å²) in [6.45, 7) is 4.50. The molecule has 166 valence electrons. The van der Waals surface area contributed by atoms with Gasteiger partial charge in [0.15, 0.2) is 0 Å². The first kappa shape index (κ1) is 21.8. The first-order valence-electron chi connectivity index (χ1n) is 10.6. The predicted octanol–water partition coefficient (Wildman–Crippen LogP) is 4.20. The van der Waals surface area contributed by atoms with Gasteiger partial charge in [0.2, 0.25) is 5.91 Å². The fourth-order valence-electron chi connectivity index (χ4n) is 3.65. The Morgan fingerprint density at radius 3 is 2.72 bits per heavy atom. The SMILES string of the molecule is CC(C)C(=O)N1CCCc2ccc(NC(=O)C(=O)NCc3ccc(-c4cccs4)o3)cc21. The summed E-state index contributed by atoms with van der Waals surface area (Å²) in [7, 11) is 0. The van der Waals surface area contributed by atoms with E-state index in [1.54, 1.807) is 34.4 Å². The van der Waals surface area contributed by atoms with Gasteiger partial charge in [-0.3, -0.25) is 14.4 Å². The van der Waals surface area contributed by atoms with Crippen molar-refractivity contribution in [1.29, 1.82) is 0 Å². The Bertz CT molecular complexity index is 1130. The number of hydrogen-bond acceptors (Lipinski definition) is 5. The van der Waals surface area contributed by atoms with Crippen molar-refractivity contribution in [2.24, 2.45) is 5.92 Å². The molecule has 3 amide bonds. The van der Waals surface area contributed by atoms with Crippen molar-refractivity contribution in [3.8, 4) is 10.6 Å². The van der Waals surface area contributed by atoms with Crippen molar-refractivity contribution in [1.82, 2.24) is 5.32 Å². The number of thiophene rings is 1. The fourth-order valence-corrected chi connectivity index (χ4v) is 4.34. The van der Waals surface area contributed by atoms with Crippen LogP contribution in [0.25, 0.3) is 10.6 Å². The number of furan rings is 1. The lowest BCUT2D eigenvalue weighted by Gasteiger charge is -2.31. The molecule has 1 aliphatic heterocycles. The van der Waals surface area contributed by atoms with Crippen LogP contribution in [-0.4, -0.2) is 24.3 Å². The van der Waals surface area contributed by atoms with Crippen LogP contribution < -0.4 is 15.5 Å². The highest BCUT2D eigenvalue weighted by molar-refractivity contribution is 7.13. The largest absolute Gasteiger partial charge is 0.458 e. The molecule has 1 aliphatic rings. The number of hydrogen-bond donors (Lipinski definition) is 2. The number of nitrogens with zero attached hydrogens (tertiary/aromatic N) is 1. The normalized spacial score (nSPS) is 13.0. The van der Waals surface area contributed by atoms with Crippen LogP contribution in [0, 0.1) is 5.92 Å². The van der Waals surface area contributed by atoms with Crippen LogP contribution in [-0.2, 0) is 27.3 Å². The zero-order valence-corrected chi connectivity index (χ0v) is 18.8. The van der Waals surface area contributed by atoms with Crippen LogP contribution in [0.4, 0.5) is 11.4 Å². The highest BCUT2D eigenvalue weighted by Crippen LogP contribution is 2.31. The monoisotopic (exact) mass is 451 g/mol. The minimum Gasteiger partial charge on any atom is -0.458 e. The van der Waals surface area contributed by atoms with Crippen molar-refractivity contribution in [2.45, 2.75) is 33.2 Å². The molecule has 0 unspecified atom stereocenters. The number of aryl methyl sites for hydroxylation is 1. The van der Waals surface area contributed by atoms with Gasteiger partial charge in [-0.05, 0) is 54.1 Å². The molecule has 2 N–H and O–H groups in total. The summed E-state index contributed by atoms with van der Waals surface area (Å²) in [5.74, 6) is -0.312. The fraction of sp³-hybridized carbons (Fsp3) is 0.292. The average Bonchev–Trinajstić information content (AvgIpc) is 3.48. The van der Waals surface area contributed by atoms with Crippen molar-refractivity contribution in [2.75, 3.05) is 16.8 Å². The Kier molecular flexibility index (Phi) is 6.41. The Balaban J connectivity index is 1.38. The second-order valence-electron chi connectivity index (χ2n) is 7.97. The molecule has 7 nitrogen and oxygen atoms in total. The molecule has 0 saturated carbocycles. The lowest BCUT2D eigenvalue weighted by Crippen LogP contribution is -2.38. The number of nitrogens with one attached hydrogen (secondary N) is 2. The van der Waals surface area contributed by atoms with Crippen LogP contribution >= 0.6 is 11.3 Å². The minimum absolute atomic E-state index is 0.0486. The van der Waals surface area contributed by atoms with E-state index in [1.165, 1.54) is 0 Å². The number of benzene rings is 1. The topological polar surface area (TPSA) is 91.7 Å². The van der Waals surface area contributed by atoms with Crippen molar-refractivity contribution < 1.29 is 18.8 Å². The Morgan fingerprint density at radius 2 is 1.97 bits per heavy atom. The molecule has 4 rings (SSSR count). The summed E-state index contributed by atoms with van der Waals surface area (Å²) in [4.78, 5) is 40.0. The second kappa shape index (κ2) is 9.40. The average molecular weight is 452 g/mol. The van der Waals surface area contributed by atoms with Gasteiger partial charge in [-0.15, -0.1) is 11.3 Å². The van der Waals surface area contributed by atoms with E-state index < -0.39 is 11.8 Å². The van der Waals surface area contributed by atoms with E-state index in [2.05, 4.69) is 10.6 Å². The minimum atomic E-state index is -0.771. The van der Waals surface area contributed by atoms with Crippen LogP contribution in [0.5, 0.6) is 0 Å². The standard InChI is InChI=1S/C24H25N3O4S/c1-15(2)24(30)27-11-3-5-16-7-8-17(13-19(16)27)26-23(29)22(28)25-14-18-9-10-20(31-18)21-6-4-12-32-21/h4,6-10,12-13,15H,3,5,11,14H2,1-2H3,(H,25,28)(H,26,29). The zero-order chi connectivity index (χ0) is 22.7. The van der Waals surface area contributed by atoms with Crippen molar-refractivity contribution >= 4 is 40.4 Å². The molecular formula is C24H25N3O4S. The summed E-state index contributed by atoms with van der Waals surface area (Å²) in [6.07, 6.45) is 1.78. The number of rotatable bonds is 5. The van der Waals surface area contributed by atoms with Gasteiger partial charge >= 0.3 is 11.8 Å². The molecule has 0 aliphatic carbocycles. The summed E-state index contributed by atoms with van der Waals surface area (Å²) in [5.41, 5.74) is 2.34. The number of amides is 3. The van der Waals surface area contributed by atoms with Crippen LogP contribution in [0.1, 0.15) is 31.6 Å². The Hall–Kier alpha value is -3.39. The van der Waals surface area contributed by atoms with E-state index in [4.69, 9.17) is 4.42 Å². The van der Waals surface area contributed by atoms with Crippen LogP contribution in [0.3, 0.4) is 0 Å². The summed E-state index contributed by atoms with van der Waals surface area (Å²) in [6, 6.07) is 12.9. The first-order valence-corrected chi connectivity index (χ1v) is 11.5. The third kappa shape index (κ3) is 4.75. The number of fused-ring (bicyclic) bond motifs is 1. The van der Waals surface area contributed by atoms with Crippen molar-refractivity contribution in [3.05, 3.63) is 59.2 Å². The molecule has 3 heterocycles. The maximum atomic E-state index is 12.6. The van der Waals surface area contributed by atoms with E-state index in [0.29, 0.717) is 18.0 Å². The van der Waals surface area contributed by atoms with E-state index in [0.717, 1.165) is 34.7 Å². The van der Waals surface area contributed by atoms with E-state index in [1.807, 2.05) is 43.5 Å². The third-order valence-electron chi connectivity index (χ3n) is 5.28. The summed E-state index contributed by atoms with van der Waals surface area (Å²) in [5, 5.41) is 7.16. The summed E-state index contributed by atoms with van der Waals surface area (Å²) < 4.78 is 5.72. The number of carbonyl (C=O) groups excluding carboxylic acids is 3. The molecule has 0 radical (unpaired) electrons. The van der Waals surface area contributed by atoms with E-state index in [9.17, 15) is 14.4 Å². The van der Waals surface area contributed by atoms with Gasteiger partial charge in [0.25, 0.3) is 0 Å². The molecule has 0 spiro atoms. The Morgan fingerprint density at radius 1 is 1.12 bits per heavy atom. The second-order valence-corrected chi connectivity index (χ2v) is 8.92. The van der Waals surface area contributed by atoms with E-state index >= 15 is 0 Å². The molecule has 0 atom stereocenters. The molecule has 0 fully saturated rings. The molecule has 0 saturated heterocycles. The van der Waals surface area contributed by atoms with Crippen molar-refractivity contribution in [3.63, 3.8) is 0 Å². The highest BCUT2D eigenvalue weighted by atomic mass is 32.1. The van der Waals surface area contributed by atoms with Gasteiger partial charge < -0.3 is 20.0 Å². The van der Waals surface area contributed by atoms with Gasteiger partial charge in [0.1, 0.15) is 11.5 Å². The number of anilines is 2. The molecular weight excluding hydrogens is 426 g/mol. The maximum Gasteiger partial charge on any atom is 0.313 e. The molecule has 32 heavy (non-hydrogen) atoms. The predicted molar refractivity (Wildman–Crippen MR) is 124 cm³/mol.